The molecule has 0 N–H and O–H groups in total. The van der Waals surface area contributed by atoms with Crippen LogP contribution in [0.15, 0.2) is 85.2 Å². The van der Waals surface area contributed by atoms with Crippen LogP contribution in [0.2, 0.25) is 0 Å². The Bertz CT molecular complexity index is 823. The number of pyridine rings is 1. The Balaban J connectivity index is 2.02. The molecule has 0 radical (unpaired) electrons. The van der Waals surface area contributed by atoms with E-state index in [1.54, 1.807) is 0 Å². The molecule has 1 aromatic carbocycles. The van der Waals surface area contributed by atoms with Gasteiger partial charge in [0.25, 0.3) is 6.17 Å². The van der Waals surface area contributed by atoms with E-state index < -0.39 is 0 Å². The summed E-state index contributed by atoms with van der Waals surface area (Å²) in [5.74, 6) is 0. The predicted octanol–water partition coefficient (Wildman–Crippen LogP) is 4.97. The van der Waals surface area contributed by atoms with Crippen LogP contribution in [-0.2, 0) is 5.41 Å². The fourth-order valence-electron chi connectivity index (χ4n) is 3.29. The Labute approximate surface area is 151 Å². The highest BCUT2D eigenvalue weighted by Crippen LogP contribution is 2.26. The monoisotopic (exact) mass is 331 g/mol. The van der Waals surface area contributed by atoms with Crippen LogP contribution in [0.25, 0.3) is 0 Å². The van der Waals surface area contributed by atoms with Crippen molar-refractivity contribution in [2.24, 2.45) is 0 Å². The minimum atomic E-state index is -0.0240. The topological polar surface area (TPSA) is 8.81 Å². The molecule has 0 saturated carbocycles. The van der Waals surface area contributed by atoms with Gasteiger partial charge in [0, 0.05) is 35.0 Å². The van der Waals surface area contributed by atoms with Crippen molar-refractivity contribution in [2.45, 2.75) is 39.3 Å². The SMILES string of the molecule is Cc1ccc(C)n1C(/C=C/C(C)(C)c1ccccc1)[n+]1ccccc1. The van der Waals surface area contributed by atoms with Gasteiger partial charge in [0.2, 0.25) is 0 Å². The average Bonchev–Trinajstić information content (AvgIpc) is 2.96. The van der Waals surface area contributed by atoms with Crippen molar-refractivity contribution < 1.29 is 4.57 Å². The fourth-order valence-corrected chi connectivity index (χ4v) is 3.29. The summed E-state index contributed by atoms with van der Waals surface area (Å²) in [7, 11) is 0. The average molecular weight is 331 g/mol. The third-order valence-electron chi connectivity index (χ3n) is 4.84. The smallest absolute Gasteiger partial charge is 0.256 e. The van der Waals surface area contributed by atoms with E-state index >= 15 is 0 Å². The van der Waals surface area contributed by atoms with Gasteiger partial charge in [0.05, 0.1) is 0 Å². The molecule has 3 aromatic rings. The fraction of sp³-hybridized carbons (Fsp3) is 0.261. The molecule has 0 saturated heterocycles. The van der Waals surface area contributed by atoms with E-state index in [0.717, 1.165) is 0 Å². The maximum Gasteiger partial charge on any atom is 0.256 e. The van der Waals surface area contributed by atoms with E-state index in [0.29, 0.717) is 0 Å². The first-order chi connectivity index (χ1) is 12.0. The van der Waals surface area contributed by atoms with Crippen LogP contribution in [0, 0.1) is 13.8 Å². The van der Waals surface area contributed by atoms with Crippen molar-refractivity contribution in [1.29, 1.82) is 0 Å². The highest BCUT2D eigenvalue weighted by Gasteiger charge is 2.23. The molecule has 1 unspecified atom stereocenters. The predicted molar refractivity (Wildman–Crippen MR) is 104 cm³/mol. The molecule has 128 valence electrons. The zero-order valence-electron chi connectivity index (χ0n) is 15.6. The summed E-state index contributed by atoms with van der Waals surface area (Å²) in [6.45, 7) is 8.86. The maximum absolute atomic E-state index is 2.37. The molecule has 25 heavy (non-hydrogen) atoms. The molecule has 3 rings (SSSR count). The molecule has 0 fully saturated rings. The summed E-state index contributed by atoms with van der Waals surface area (Å²) in [5, 5.41) is 0. The number of hydrogen-bond acceptors (Lipinski definition) is 0. The normalized spacial score (nSPS) is 13.3. The molecule has 2 heterocycles. The Morgan fingerprint density at radius 2 is 1.40 bits per heavy atom. The van der Waals surface area contributed by atoms with E-state index in [-0.39, 0.29) is 11.6 Å². The van der Waals surface area contributed by atoms with Crippen LogP contribution >= 0.6 is 0 Å². The van der Waals surface area contributed by atoms with Gasteiger partial charge in [0.1, 0.15) is 0 Å². The van der Waals surface area contributed by atoms with E-state index in [4.69, 9.17) is 0 Å². The molecule has 0 bridgehead atoms. The minimum Gasteiger partial charge on any atom is -0.288 e. The molecule has 0 spiro atoms. The lowest BCUT2D eigenvalue weighted by atomic mass is 9.84. The van der Waals surface area contributed by atoms with E-state index in [1.807, 2.05) is 0 Å². The van der Waals surface area contributed by atoms with Gasteiger partial charge in [-0.25, -0.2) is 0 Å². The number of nitrogens with zero attached hydrogens (tertiary/aromatic N) is 2. The van der Waals surface area contributed by atoms with Crippen LogP contribution in [0.5, 0.6) is 0 Å². The zero-order valence-corrected chi connectivity index (χ0v) is 15.6. The van der Waals surface area contributed by atoms with Crippen molar-refractivity contribution >= 4 is 0 Å². The van der Waals surface area contributed by atoms with E-state index in [2.05, 4.69) is 122 Å². The van der Waals surface area contributed by atoms with Gasteiger partial charge in [0.15, 0.2) is 12.4 Å². The van der Waals surface area contributed by atoms with Crippen molar-refractivity contribution in [2.75, 3.05) is 0 Å². The van der Waals surface area contributed by atoms with Crippen LogP contribution in [0.4, 0.5) is 0 Å². The van der Waals surface area contributed by atoms with Gasteiger partial charge in [-0.05, 0) is 31.5 Å². The summed E-state index contributed by atoms with van der Waals surface area (Å²) in [5.41, 5.74) is 3.83. The lowest BCUT2D eigenvalue weighted by Crippen LogP contribution is -2.42. The number of aromatic nitrogens is 2. The standard InChI is InChI=1S/C23H27N2/c1-19-13-14-20(2)25(19)22(24-17-9-6-10-18-24)15-16-23(3,4)21-11-7-5-8-12-21/h5-18,22H,1-4H3/q+1/b16-15+. The summed E-state index contributed by atoms with van der Waals surface area (Å²) in [4.78, 5) is 0. The van der Waals surface area contributed by atoms with Gasteiger partial charge >= 0.3 is 0 Å². The van der Waals surface area contributed by atoms with Gasteiger partial charge in [-0.1, -0.05) is 56.3 Å². The summed E-state index contributed by atoms with van der Waals surface area (Å²) in [6.07, 6.45) is 9.02. The first kappa shape index (κ1) is 17.2. The Morgan fingerprint density at radius 1 is 0.840 bits per heavy atom. The van der Waals surface area contributed by atoms with Gasteiger partial charge < -0.3 is 0 Å². The summed E-state index contributed by atoms with van der Waals surface area (Å²) >= 11 is 0. The maximum atomic E-state index is 2.37. The molecule has 1 atom stereocenters. The third-order valence-corrected chi connectivity index (χ3v) is 4.84. The summed E-state index contributed by atoms with van der Waals surface area (Å²) < 4.78 is 4.62. The number of benzene rings is 1. The molecule has 2 nitrogen and oxygen atoms in total. The Morgan fingerprint density at radius 3 is 2.00 bits per heavy atom. The van der Waals surface area contributed by atoms with Crippen molar-refractivity contribution in [3.05, 3.63) is 102 Å². The van der Waals surface area contributed by atoms with Gasteiger partial charge in [-0.3, -0.25) is 4.57 Å². The molecule has 0 aliphatic carbocycles. The second kappa shape index (κ2) is 7.10. The molecule has 0 aliphatic heterocycles. The lowest BCUT2D eigenvalue weighted by molar-refractivity contribution is -0.717. The van der Waals surface area contributed by atoms with E-state index in [1.165, 1.54) is 17.0 Å². The Kier molecular flexibility index (Phi) is 4.89. The minimum absolute atomic E-state index is 0.0240. The third kappa shape index (κ3) is 3.74. The van der Waals surface area contributed by atoms with Crippen LogP contribution in [-0.4, -0.2) is 4.57 Å². The largest absolute Gasteiger partial charge is 0.288 e. The summed E-state index contributed by atoms with van der Waals surface area (Å²) in [6, 6.07) is 21.3. The second-order valence-corrected chi connectivity index (χ2v) is 7.17. The molecule has 0 amide bonds. The quantitative estimate of drug-likeness (QED) is 0.461. The van der Waals surface area contributed by atoms with Crippen LogP contribution < -0.4 is 4.57 Å². The highest BCUT2D eigenvalue weighted by molar-refractivity contribution is 5.29. The highest BCUT2D eigenvalue weighted by atomic mass is 15.2. The van der Waals surface area contributed by atoms with Crippen molar-refractivity contribution in [3.63, 3.8) is 0 Å². The number of hydrogen-bond donors (Lipinski definition) is 0. The molecule has 2 heteroatoms. The first-order valence-electron chi connectivity index (χ1n) is 8.84. The lowest BCUT2D eigenvalue weighted by Gasteiger charge is -2.22. The van der Waals surface area contributed by atoms with Crippen molar-refractivity contribution in [3.8, 4) is 0 Å². The van der Waals surface area contributed by atoms with E-state index in [9.17, 15) is 0 Å². The number of aryl methyl sites for hydroxylation is 2. The van der Waals surface area contributed by atoms with Crippen LogP contribution in [0.1, 0.15) is 37.0 Å². The zero-order chi connectivity index (χ0) is 17.9. The van der Waals surface area contributed by atoms with Gasteiger partial charge in [-0.15, -0.1) is 0 Å². The Hall–Kier alpha value is -2.61. The molecular weight excluding hydrogens is 304 g/mol. The number of rotatable bonds is 5. The van der Waals surface area contributed by atoms with Gasteiger partial charge in [-0.2, -0.15) is 4.57 Å². The molecular formula is C23H27N2+. The van der Waals surface area contributed by atoms with Crippen LogP contribution in [0.3, 0.4) is 0 Å². The first-order valence-corrected chi connectivity index (χ1v) is 8.84. The number of allylic oxidation sites excluding steroid dienone is 2. The molecule has 0 aliphatic rings. The molecule has 2 aromatic heterocycles. The second-order valence-electron chi connectivity index (χ2n) is 7.17. The van der Waals surface area contributed by atoms with Crippen molar-refractivity contribution in [1.82, 2.24) is 4.57 Å².